The Morgan fingerprint density at radius 2 is 1.90 bits per heavy atom. The number of nitriles is 1. The molecular formula is C14H16N4O2. The molecule has 2 amide bonds. The van der Waals surface area contributed by atoms with Crippen LogP contribution in [-0.4, -0.2) is 17.9 Å². The van der Waals surface area contributed by atoms with E-state index < -0.39 is 11.8 Å². The summed E-state index contributed by atoms with van der Waals surface area (Å²) in [5.74, 6) is -0.949. The van der Waals surface area contributed by atoms with Crippen molar-refractivity contribution in [1.29, 1.82) is 5.26 Å². The summed E-state index contributed by atoms with van der Waals surface area (Å²) in [6, 6.07) is 7.94. The van der Waals surface area contributed by atoms with Crippen molar-refractivity contribution < 1.29 is 9.59 Å². The third kappa shape index (κ3) is 4.46. The predicted molar refractivity (Wildman–Crippen MR) is 75.3 cm³/mol. The van der Waals surface area contributed by atoms with Crippen LogP contribution in [0.25, 0.3) is 0 Å². The number of anilines is 1. The van der Waals surface area contributed by atoms with Gasteiger partial charge in [-0.15, -0.1) is 0 Å². The molecule has 0 bridgehead atoms. The Morgan fingerprint density at radius 3 is 2.40 bits per heavy atom. The average molecular weight is 272 g/mol. The lowest BCUT2D eigenvalue weighted by Gasteiger charge is -2.07. The number of benzene rings is 1. The first kappa shape index (κ1) is 15.2. The van der Waals surface area contributed by atoms with Crippen molar-refractivity contribution in [3.63, 3.8) is 0 Å². The van der Waals surface area contributed by atoms with Crippen LogP contribution in [0, 0.1) is 11.3 Å². The minimum Gasteiger partial charge on any atom is -0.399 e. The van der Waals surface area contributed by atoms with Crippen LogP contribution in [0.2, 0.25) is 0 Å². The lowest BCUT2D eigenvalue weighted by molar-refractivity contribution is -0.117. The van der Waals surface area contributed by atoms with E-state index >= 15 is 0 Å². The van der Waals surface area contributed by atoms with Gasteiger partial charge in [-0.2, -0.15) is 5.26 Å². The second-order valence-corrected chi connectivity index (χ2v) is 4.39. The van der Waals surface area contributed by atoms with E-state index in [2.05, 4.69) is 10.6 Å². The van der Waals surface area contributed by atoms with Crippen LogP contribution < -0.4 is 16.4 Å². The summed E-state index contributed by atoms with van der Waals surface area (Å²) < 4.78 is 0. The summed E-state index contributed by atoms with van der Waals surface area (Å²) in [6.07, 6.45) is 1.09. The molecule has 0 unspecified atom stereocenters. The lowest BCUT2D eigenvalue weighted by atomic mass is 10.2. The number of carbonyl (C=O) groups excluding carboxylic acids is 2. The third-order valence-electron chi connectivity index (χ3n) is 2.31. The van der Waals surface area contributed by atoms with Gasteiger partial charge in [-0.25, -0.2) is 0 Å². The first-order valence-electron chi connectivity index (χ1n) is 6.01. The molecule has 0 saturated heterocycles. The zero-order chi connectivity index (χ0) is 15.1. The smallest absolute Gasteiger partial charge is 0.263 e. The third-order valence-corrected chi connectivity index (χ3v) is 2.31. The summed E-state index contributed by atoms with van der Waals surface area (Å²) >= 11 is 0. The second-order valence-electron chi connectivity index (χ2n) is 4.39. The highest BCUT2D eigenvalue weighted by Crippen LogP contribution is 2.05. The van der Waals surface area contributed by atoms with Crippen molar-refractivity contribution in [3.05, 3.63) is 41.6 Å². The van der Waals surface area contributed by atoms with Gasteiger partial charge in [-0.1, -0.05) is 0 Å². The summed E-state index contributed by atoms with van der Waals surface area (Å²) in [4.78, 5) is 23.4. The van der Waals surface area contributed by atoms with Gasteiger partial charge >= 0.3 is 0 Å². The first-order chi connectivity index (χ1) is 9.43. The molecule has 6 nitrogen and oxygen atoms in total. The van der Waals surface area contributed by atoms with E-state index in [1.54, 1.807) is 44.2 Å². The second kappa shape index (κ2) is 6.95. The fourth-order valence-electron chi connectivity index (χ4n) is 1.34. The summed E-state index contributed by atoms with van der Waals surface area (Å²) in [7, 11) is 0. The maximum atomic E-state index is 11.8. The van der Waals surface area contributed by atoms with Gasteiger partial charge in [0.1, 0.15) is 11.6 Å². The monoisotopic (exact) mass is 272 g/mol. The molecular weight excluding hydrogens is 256 g/mol. The molecule has 0 atom stereocenters. The molecule has 0 heterocycles. The zero-order valence-corrected chi connectivity index (χ0v) is 11.3. The number of hydrogen-bond donors (Lipinski definition) is 3. The maximum Gasteiger partial charge on any atom is 0.263 e. The van der Waals surface area contributed by atoms with E-state index in [9.17, 15) is 9.59 Å². The van der Waals surface area contributed by atoms with E-state index in [0.29, 0.717) is 11.3 Å². The van der Waals surface area contributed by atoms with Gasteiger partial charge in [0.05, 0.1) is 0 Å². The predicted octanol–water partition coefficient (Wildman–Crippen LogP) is 0.931. The highest BCUT2D eigenvalue weighted by Gasteiger charge is 2.11. The molecule has 6 heteroatoms. The molecule has 1 aromatic rings. The van der Waals surface area contributed by atoms with Crippen LogP contribution in [0.3, 0.4) is 0 Å². The van der Waals surface area contributed by atoms with E-state index in [4.69, 9.17) is 11.0 Å². The number of nitrogen functional groups attached to an aromatic ring is 1. The highest BCUT2D eigenvalue weighted by atomic mass is 16.2. The molecule has 4 N–H and O–H groups in total. The molecule has 0 aliphatic heterocycles. The number of amides is 2. The largest absolute Gasteiger partial charge is 0.399 e. The molecule has 0 aromatic heterocycles. The number of carbonyl (C=O) groups is 2. The van der Waals surface area contributed by atoms with Crippen molar-refractivity contribution >= 4 is 17.5 Å². The van der Waals surface area contributed by atoms with Gasteiger partial charge in [-0.05, 0) is 38.1 Å². The van der Waals surface area contributed by atoms with Crippen molar-refractivity contribution in [1.82, 2.24) is 10.6 Å². The van der Waals surface area contributed by atoms with E-state index in [0.717, 1.165) is 6.20 Å². The van der Waals surface area contributed by atoms with E-state index in [-0.39, 0.29) is 11.6 Å². The molecule has 0 spiro atoms. The zero-order valence-electron chi connectivity index (χ0n) is 11.3. The minimum absolute atomic E-state index is 0.0907. The van der Waals surface area contributed by atoms with Crippen LogP contribution in [0.1, 0.15) is 24.2 Å². The van der Waals surface area contributed by atoms with Gasteiger partial charge in [0.15, 0.2) is 0 Å². The van der Waals surface area contributed by atoms with Crippen LogP contribution in [-0.2, 0) is 4.79 Å². The highest BCUT2D eigenvalue weighted by molar-refractivity contribution is 5.99. The van der Waals surface area contributed by atoms with Crippen LogP contribution in [0.5, 0.6) is 0 Å². The molecule has 0 radical (unpaired) electrons. The minimum atomic E-state index is -0.528. The molecule has 0 aliphatic carbocycles. The van der Waals surface area contributed by atoms with Crippen molar-refractivity contribution in [2.75, 3.05) is 5.73 Å². The molecule has 1 aromatic carbocycles. The summed E-state index contributed by atoms with van der Waals surface area (Å²) in [6.45, 7) is 3.56. The molecule has 1 rings (SSSR count). The molecule has 20 heavy (non-hydrogen) atoms. The van der Waals surface area contributed by atoms with Crippen LogP contribution in [0.4, 0.5) is 5.69 Å². The average Bonchev–Trinajstić information content (AvgIpc) is 2.39. The van der Waals surface area contributed by atoms with Crippen molar-refractivity contribution in [2.45, 2.75) is 19.9 Å². The lowest BCUT2D eigenvalue weighted by Crippen LogP contribution is -2.32. The Kier molecular flexibility index (Phi) is 5.30. The Morgan fingerprint density at radius 1 is 1.30 bits per heavy atom. The normalized spacial score (nSPS) is 10.8. The number of hydrogen-bond acceptors (Lipinski definition) is 4. The quantitative estimate of drug-likeness (QED) is 0.430. The van der Waals surface area contributed by atoms with E-state index in [1.165, 1.54) is 0 Å². The van der Waals surface area contributed by atoms with Crippen molar-refractivity contribution in [2.24, 2.45) is 0 Å². The fourth-order valence-corrected chi connectivity index (χ4v) is 1.34. The van der Waals surface area contributed by atoms with Crippen LogP contribution in [0.15, 0.2) is 36.0 Å². The van der Waals surface area contributed by atoms with Gasteiger partial charge < -0.3 is 16.4 Å². The molecule has 0 aliphatic rings. The van der Waals surface area contributed by atoms with Gasteiger partial charge in [0.2, 0.25) is 0 Å². The van der Waals surface area contributed by atoms with Gasteiger partial charge in [-0.3, -0.25) is 9.59 Å². The van der Waals surface area contributed by atoms with Crippen LogP contribution >= 0.6 is 0 Å². The molecule has 0 saturated carbocycles. The Labute approximate surface area is 117 Å². The summed E-state index contributed by atoms with van der Waals surface area (Å²) in [5, 5.41) is 13.8. The SMILES string of the molecule is CC(C)NC(=O)/C(C#N)=C\NC(=O)c1ccc(N)cc1. The van der Waals surface area contributed by atoms with Gasteiger partial charge in [0.25, 0.3) is 11.8 Å². The topological polar surface area (TPSA) is 108 Å². The molecule has 0 fully saturated rings. The summed E-state index contributed by atoms with van der Waals surface area (Å²) in [5.41, 5.74) is 6.29. The Hall–Kier alpha value is -2.81. The number of rotatable bonds is 4. The Bertz CT molecular complexity index is 568. The van der Waals surface area contributed by atoms with Gasteiger partial charge in [0, 0.05) is 23.5 Å². The first-order valence-corrected chi connectivity index (χ1v) is 6.01. The molecule has 104 valence electrons. The van der Waals surface area contributed by atoms with Crippen molar-refractivity contribution in [3.8, 4) is 6.07 Å². The number of nitrogens with zero attached hydrogens (tertiary/aromatic N) is 1. The maximum absolute atomic E-state index is 11.8. The van der Waals surface area contributed by atoms with E-state index in [1.807, 2.05) is 0 Å². The standard InChI is InChI=1S/C14H16N4O2/c1-9(2)18-14(20)11(7-15)8-17-13(19)10-3-5-12(16)6-4-10/h3-6,8-9H,16H2,1-2H3,(H,17,19)(H,18,20)/b11-8-. The Balaban J connectivity index is 2.74. The number of nitrogens with one attached hydrogen (secondary N) is 2. The number of nitrogens with two attached hydrogens (primary N) is 1. The fraction of sp³-hybridized carbons (Fsp3) is 0.214.